The molecule has 0 N–H and O–H groups in total. The van der Waals surface area contributed by atoms with Crippen molar-refractivity contribution in [2.24, 2.45) is 0 Å². The molecule has 0 bridgehead atoms. The number of rotatable bonds is 7. The lowest BCUT2D eigenvalue weighted by atomic mass is 9.87. The standard InChI is InChI=1S/C29H29Cl2F4NO/c1-5-19-14-23(30)11-8-20(19)12-13-36(17-18-6-9-21(10-7-18)28(2,3)4)27(37)24-15-22(29(33,34)35)16-25(31)26(24)32/h6-11,14-16H,5,12-13,17H2,1-4H3. The molecule has 3 aromatic rings. The van der Waals surface area contributed by atoms with Gasteiger partial charge in [0.05, 0.1) is 16.1 Å². The topological polar surface area (TPSA) is 20.3 Å². The second kappa shape index (κ2) is 11.4. The fraction of sp³-hybridized carbons (Fsp3) is 0.345. The van der Waals surface area contributed by atoms with E-state index < -0.39 is 34.1 Å². The van der Waals surface area contributed by atoms with Crippen molar-refractivity contribution >= 4 is 29.1 Å². The van der Waals surface area contributed by atoms with Gasteiger partial charge in [0.2, 0.25) is 0 Å². The number of alkyl halides is 3. The van der Waals surface area contributed by atoms with E-state index in [1.54, 1.807) is 6.07 Å². The van der Waals surface area contributed by atoms with Gasteiger partial charge in [0.1, 0.15) is 0 Å². The Morgan fingerprint density at radius 2 is 1.54 bits per heavy atom. The summed E-state index contributed by atoms with van der Waals surface area (Å²) in [6, 6.07) is 14.1. The highest BCUT2D eigenvalue weighted by atomic mass is 35.5. The number of aryl methyl sites for hydroxylation is 1. The zero-order valence-electron chi connectivity index (χ0n) is 21.1. The van der Waals surface area contributed by atoms with Crippen molar-refractivity contribution in [3.05, 3.63) is 104 Å². The summed E-state index contributed by atoms with van der Waals surface area (Å²) in [6.07, 6.45) is -3.64. The van der Waals surface area contributed by atoms with Gasteiger partial charge >= 0.3 is 6.18 Å². The van der Waals surface area contributed by atoms with Crippen LogP contribution in [-0.2, 0) is 31.0 Å². The highest BCUT2D eigenvalue weighted by Crippen LogP contribution is 2.34. The molecule has 0 unspecified atom stereocenters. The Balaban J connectivity index is 1.98. The molecule has 0 atom stereocenters. The van der Waals surface area contributed by atoms with Crippen LogP contribution in [-0.4, -0.2) is 17.4 Å². The number of carbonyl (C=O) groups is 1. The molecular weight excluding hydrogens is 525 g/mol. The van der Waals surface area contributed by atoms with E-state index in [-0.39, 0.29) is 18.5 Å². The van der Waals surface area contributed by atoms with Gasteiger partial charge in [0.15, 0.2) is 5.82 Å². The van der Waals surface area contributed by atoms with Gasteiger partial charge < -0.3 is 4.90 Å². The lowest BCUT2D eigenvalue weighted by molar-refractivity contribution is -0.137. The van der Waals surface area contributed by atoms with Gasteiger partial charge in [-0.25, -0.2) is 4.39 Å². The number of hydrogen-bond donors (Lipinski definition) is 0. The predicted molar refractivity (Wildman–Crippen MR) is 141 cm³/mol. The number of hydrogen-bond acceptors (Lipinski definition) is 1. The van der Waals surface area contributed by atoms with Crippen LogP contribution in [0.4, 0.5) is 17.6 Å². The molecule has 3 aromatic carbocycles. The summed E-state index contributed by atoms with van der Waals surface area (Å²) in [4.78, 5) is 14.9. The van der Waals surface area contributed by atoms with Crippen LogP contribution in [0.2, 0.25) is 10.0 Å². The van der Waals surface area contributed by atoms with Gasteiger partial charge in [-0.15, -0.1) is 0 Å². The summed E-state index contributed by atoms with van der Waals surface area (Å²) < 4.78 is 55.0. The Morgan fingerprint density at radius 3 is 2.11 bits per heavy atom. The van der Waals surface area contributed by atoms with E-state index in [0.29, 0.717) is 23.6 Å². The van der Waals surface area contributed by atoms with Crippen molar-refractivity contribution < 1.29 is 22.4 Å². The predicted octanol–water partition coefficient (Wildman–Crippen LogP) is 8.90. The Kier molecular flexibility index (Phi) is 8.97. The van der Waals surface area contributed by atoms with Crippen molar-refractivity contribution in [2.75, 3.05) is 6.54 Å². The third kappa shape index (κ3) is 7.26. The molecule has 0 fully saturated rings. The Hall–Kier alpha value is -2.57. The van der Waals surface area contributed by atoms with Gasteiger partial charge in [-0.3, -0.25) is 4.79 Å². The molecule has 0 aliphatic rings. The average molecular weight is 554 g/mol. The van der Waals surface area contributed by atoms with Crippen LogP contribution < -0.4 is 0 Å². The van der Waals surface area contributed by atoms with Crippen LogP contribution in [0, 0.1) is 5.82 Å². The molecule has 0 saturated carbocycles. The number of nitrogens with zero attached hydrogens (tertiary/aromatic N) is 1. The minimum Gasteiger partial charge on any atom is -0.334 e. The molecule has 0 heterocycles. The molecule has 0 radical (unpaired) electrons. The van der Waals surface area contributed by atoms with E-state index in [1.165, 1.54) is 4.90 Å². The molecule has 0 aliphatic heterocycles. The fourth-order valence-electron chi connectivity index (χ4n) is 4.08. The van der Waals surface area contributed by atoms with Gasteiger partial charge in [-0.2, -0.15) is 13.2 Å². The molecule has 8 heteroatoms. The maximum atomic E-state index is 14.9. The molecule has 0 aromatic heterocycles. The van der Waals surface area contributed by atoms with E-state index in [2.05, 4.69) is 20.8 Å². The fourth-order valence-corrected chi connectivity index (χ4v) is 4.50. The SMILES string of the molecule is CCc1cc(Cl)ccc1CCN(Cc1ccc(C(C)(C)C)cc1)C(=O)c1cc(C(F)(F)F)cc(Cl)c1F. The Bertz CT molecular complexity index is 1260. The van der Waals surface area contributed by atoms with Crippen LogP contribution in [0.5, 0.6) is 0 Å². The number of carbonyl (C=O) groups excluding carboxylic acids is 1. The van der Waals surface area contributed by atoms with Crippen LogP contribution >= 0.6 is 23.2 Å². The van der Waals surface area contributed by atoms with Crippen molar-refractivity contribution in [2.45, 2.75) is 58.7 Å². The first-order valence-electron chi connectivity index (χ1n) is 11.9. The van der Waals surface area contributed by atoms with E-state index in [0.717, 1.165) is 28.7 Å². The highest BCUT2D eigenvalue weighted by Gasteiger charge is 2.34. The largest absolute Gasteiger partial charge is 0.416 e. The van der Waals surface area contributed by atoms with E-state index in [1.807, 2.05) is 43.3 Å². The molecule has 0 saturated heterocycles. The van der Waals surface area contributed by atoms with Crippen LogP contribution in [0.3, 0.4) is 0 Å². The van der Waals surface area contributed by atoms with Crippen molar-refractivity contribution in [1.29, 1.82) is 0 Å². The van der Waals surface area contributed by atoms with Crippen molar-refractivity contribution in [3.8, 4) is 0 Å². The minimum absolute atomic E-state index is 0.0723. The zero-order chi connectivity index (χ0) is 27.5. The summed E-state index contributed by atoms with van der Waals surface area (Å²) in [6.45, 7) is 8.46. The van der Waals surface area contributed by atoms with Gasteiger partial charge in [-0.05, 0) is 64.8 Å². The maximum Gasteiger partial charge on any atom is 0.416 e. The number of amides is 1. The summed E-state index contributed by atoms with van der Waals surface area (Å²) in [5.41, 5.74) is 1.86. The average Bonchev–Trinajstić information content (AvgIpc) is 2.82. The molecule has 37 heavy (non-hydrogen) atoms. The first-order chi connectivity index (χ1) is 17.2. The Labute approximate surface area is 225 Å². The molecular formula is C29H29Cl2F4NO. The maximum absolute atomic E-state index is 14.9. The molecule has 0 aliphatic carbocycles. The molecule has 3 rings (SSSR count). The van der Waals surface area contributed by atoms with Crippen LogP contribution in [0.15, 0.2) is 54.6 Å². The third-order valence-corrected chi connectivity index (χ3v) is 6.78. The first-order valence-corrected chi connectivity index (χ1v) is 12.7. The summed E-state index contributed by atoms with van der Waals surface area (Å²) in [5.74, 6) is -2.04. The van der Waals surface area contributed by atoms with E-state index in [4.69, 9.17) is 23.2 Å². The normalized spacial score (nSPS) is 12.1. The summed E-state index contributed by atoms with van der Waals surface area (Å²) >= 11 is 11.9. The van der Waals surface area contributed by atoms with Gasteiger partial charge in [0.25, 0.3) is 5.91 Å². The van der Waals surface area contributed by atoms with E-state index in [9.17, 15) is 22.4 Å². The molecule has 2 nitrogen and oxygen atoms in total. The monoisotopic (exact) mass is 553 g/mol. The highest BCUT2D eigenvalue weighted by molar-refractivity contribution is 6.31. The van der Waals surface area contributed by atoms with E-state index >= 15 is 0 Å². The van der Waals surface area contributed by atoms with Crippen LogP contribution in [0.25, 0.3) is 0 Å². The smallest absolute Gasteiger partial charge is 0.334 e. The van der Waals surface area contributed by atoms with Crippen molar-refractivity contribution in [1.82, 2.24) is 4.90 Å². The van der Waals surface area contributed by atoms with Crippen LogP contribution in [0.1, 0.15) is 65.9 Å². The van der Waals surface area contributed by atoms with Gasteiger partial charge in [0, 0.05) is 18.1 Å². The lowest BCUT2D eigenvalue weighted by Gasteiger charge is -2.25. The second-order valence-electron chi connectivity index (χ2n) is 10.0. The first kappa shape index (κ1) is 29.0. The van der Waals surface area contributed by atoms with Gasteiger partial charge in [-0.1, -0.05) is 81.2 Å². The summed E-state index contributed by atoms with van der Waals surface area (Å²) in [5, 5.41) is -0.160. The Morgan fingerprint density at radius 1 is 0.892 bits per heavy atom. The lowest BCUT2D eigenvalue weighted by Crippen LogP contribution is -2.33. The zero-order valence-corrected chi connectivity index (χ0v) is 22.7. The molecule has 1 amide bonds. The third-order valence-electron chi connectivity index (χ3n) is 6.27. The second-order valence-corrected chi connectivity index (χ2v) is 10.9. The molecule has 198 valence electrons. The quantitative estimate of drug-likeness (QED) is 0.267. The molecule has 0 spiro atoms. The van der Waals surface area contributed by atoms with Crippen molar-refractivity contribution in [3.63, 3.8) is 0 Å². The summed E-state index contributed by atoms with van der Waals surface area (Å²) in [7, 11) is 0. The number of halogens is 6. The minimum atomic E-state index is -4.78. The number of benzene rings is 3.